The van der Waals surface area contributed by atoms with Gasteiger partial charge in [-0.1, -0.05) is 6.07 Å². The Labute approximate surface area is 209 Å². The molecular weight excluding hydrogens is 462 g/mol. The number of aryl methyl sites for hydroxylation is 1. The average Bonchev–Trinajstić information content (AvgIpc) is 3.58. The van der Waals surface area contributed by atoms with Gasteiger partial charge in [0, 0.05) is 31.7 Å². The highest BCUT2D eigenvalue weighted by atomic mass is 16.6. The van der Waals surface area contributed by atoms with Crippen LogP contribution >= 0.6 is 0 Å². The molecule has 2 N–H and O–H groups in total. The highest BCUT2D eigenvalue weighted by molar-refractivity contribution is 5.94. The van der Waals surface area contributed by atoms with Gasteiger partial charge in [0.15, 0.2) is 0 Å². The lowest BCUT2D eigenvalue weighted by Gasteiger charge is -2.24. The summed E-state index contributed by atoms with van der Waals surface area (Å²) in [4.78, 5) is 48.4. The van der Waals surface area contributed by atoms with E-state index in [2.05, 4.69) is 20.6 Å². The fourth-order valence-corrected chi connectivity index (χ4v) is 3.95. The molecule has 3 aromatic rings. The molecule has 10 heteroatoms. The fourth-order valence-electron chi connectivity index (χ4n) is 3.95. The maximum Gasteiger partial charge on any atom is 0.412 e. The molecule has 1 saturated carbocycles. The highest BCUT2D eigenvalue weighted by Gasteiger charge is 2.52. The van der Waals surface area contributed by atoms with Crippen molar-refractivity contribution in [1.82, 2.24) is 14.9 Å². The van der Waals surface area contributed by atoms with Crippen molar-refractivity contribution in [3.8, 4) is 0 Å². The second-order valence-electron chi connectivity index (χ2n) is 10.1. The van der Waals surface area contributed by atoms with Crippen molar-refractivity contribution < 1.29 is 18.7 Å². The Bertz CT molecular complexity index is 1340. The first-order chi connectivity index (χ1) is 17.0. The second kappa shape index (κ2) is 9.60. The minimum Gasteiger partial charge on any atom is -0.444 e. The van der Waals surface area contributed by atoms with E-state index in [0.29, 0.717) is 42.6 Å². The number of hydrogen-bond acceptors (Lipinski definition) is 8. The van der Waals surface area contributed by atoms with Gasteiger partial charge in [-0.25, -0.2) is 9.59 Å². The zero-order valence-corrected chi connectivity index (χ0v) is 21.2. The van der Waals surface area contributed by atoms with Crippen molar-refractivity contribution in [2.45, 2.75) is 58.1 Å². The van der Waals surface area contributed by atoms with Gasteiger partial charge in [-0.3, -0.25) is 15.1 Å². The summed E-state index contributed by atoms with van der Waals surface area (Å²) in [6, 6.07) is 7.11. The first-order valence-electron chi connectivity index (χ1n) is 11.8. The van der Waals surface area contributed by atoms with E-state index in [1.807, 2.05) is 12.1 Å². The Hall–Kier alpha value is -3.95. The van der Waals surface area contributed by atoms with Crippen molar-refractivity contribution in [3.63, 3.8) is 0 Å². The van der Waals surface area contributed by atoms with E-state index in [-0.39, 0.29) is 17.3 Å². The molecule has 36 heavy (non-hydrogen) atoms. The molecule has 2 amide bonds. The number of ether oxygens (including phenoxy) is 1. The average molecular weight is 494 g/mol. The summed E-state index contributed by atoms with van der Waals surface area (Å²) < 4.78 is 10.7. The van der Waals surface area contributed by atoms with Crippen molar-refractivity contribution in [2.75, 3.05) is 24.2 Å². The highest BCUT2D eigenvalue weighted by Crippen LogP contribution is 2.40. The largest absolute Gasteiger partial charge is 0.444 e. The number of hydrogen-bond donors (Lipinski definition) is 2. The summed E-state index contributed by atoms with van der Waals surface area (Å²) in [6.45, 7) is 7.54. The normalized spacial score (nSPS) is 14.2. The molecule has 0 atom stereocenters. The minimum atomic E-state index is -0.840. The number of rotatable bonds is 7. The molecular formula is C26H31N5O5. The summed E-state index contributed by atoms with van der Waals surface area (Å²) in [5.74, 6) is -0.0796. The van der Waals surface area contributed by atoms with Gasteiger partial charge in [-0.05, 0) is 76.3 Å². The van der Waals surface area contributed by atoms with Crippen LogP contribution in [-0.2, 0) is 16.0 Å². The topological polar surface area (TPSA) is 127 Å². The number of amides is 2. The Morgan fingerprint density at radius 1 is 1.22 bits per heavy atom. The Morgan fingerprint density at radius 3 is 2.61 bits per heavy atom. The van der Waals surface area contributed by atoms with Gasteiger partial charge < -0.3 is 19.4 Å². The summed E-state index contributed by atoms with van der Waals surface area (Å²) in [5, 5.41) is 5.97. The van der Waals surface area contributed by atoms with E-state index in [0.717, 1.165) is 5.56 Å². The van der Waals surface area contributed by atoms with Crippen LogP contribution in [-0.4, -0.2) is 51.6 Å². The molecule has 2 aromatic heterocycles. The molecule has 1 aliphatic rings. The van der Waals surface area contributed by atoms with E-state index in [1.165, 1.54) is 0 Å². The molecule has 190 valence electrons. The van der Waals surface area contributed by atoms with E-state index in [9.17, 15) is 14.4 Å². The Kier molecular flexibility index (Phi) is 6.71. The zero-order valence-electron chi connectivity index (χ0n) is 21.2. The van der Waals surface area contributed by atoms with Crippen molar-refractivity contribution in [3.05, 3.63) is 58.2 Å². The summed E-state index contributed by atoms with van der Waals surface area (Å²) >= 11 is 0. The molecule has 0 radical (unpaired) electrons. The lowest BCUT2D eigenvalue weighted by atomic mass is 10.1. The van der Waals surface area contributed by atoms with Crippen LogP contribution in [0.4, 0.5) is 16.5 Å². The molecule has 0 bridgehead atoms. The number of benzene rings is 1. The van der Waals surface area contributed by atoms with Crippen LogP contribution in [0.1, 0.15) is 44.7 Å². The van der Waals surface area contributed by atoms with E-state index in [1.54, 1.807) is 64.2 Å². The fraction of sp³-hybridized carbons (Fsp3) is 0.423. The molecule has 2 heterocycles. The third kappa shape index (κ3) is 5.64. The zero-order chi connectivity index (χ0) is 26.1. The van der Waals surface area contributed by atoms with E-state index in [4.69, 9.17) is 9.15 Å². The number of nitrogens with one attached hydrogen (secondary N) is 2. The molecule has 0 aliphatic heterocycles. The second-order valence-corrected chi connectivity index (χ2v) is 10.1. The van der Waals surface area contributed by atoms with Crippen LogP contribution in [0.3, 0.4) is 0 Å². The van der Waals surface area contributed by atoms with Gasteiger partial charge in [-0.2, -0.15) is 4.98 Å². The van der Waals surface area contributed by atoms with Gasteiger partial charge in [0.2, 0.25) is 5.91 Å². The Balaban J connectivity index is 1.49. The van der Waals surface area contributed by atoms with Crippen LogP contribution in [0.2, 0.25) is 0 Å². The monoisotopic (exact) mass is 493 g/mol. The number of carbonyl (C=O) groups excluding carboxylic acids is 2. The number of fused-ring (bicyclic) bond motifs is 1. The molecule has 0 unspecified atom stereocenters. The van der Waals surface area contributed by atoms with E-state index < -0.39 is 22.9 Å². The quantitative estimate of drug-likeness (QED) is 0.508. The SMILES string of the molecule is Cc1c(NC(=O)OC(C)(C)C)ccc2nc(NC3(C(=O)N(C)CCc4cccnc4)CC3)oc(=O)c12. The number of nitrogens with zero attached hydrogens (tertiary/aromatic N) is 3. The lowest BCUT2D eigenvalue weighted by molar-refractivity contribution is -0.131. The van der Waals surface area contributed by atoms with Crippen molar-refractivity contribution in [1.29, 1.82) is 0 Å². The first kappa shape index (κ1) is 25.2. The van der Waals surface area contributed by atoms with Gasteiger partial charge in [-0.15, -0.1) is 0 Å². The first-order valence-corrected chi connectivity index (χ1v) is 11.8. The maximum absolute atomic E-state index is 13.2. The molecule has 1 aromatic carbocycles. The third-order valence-corrected chi connectivity index (χ3v) is 6.01. The van der Waals surface area contributed by atoms with Gasteiger partial charge in [0.25, 0.3) is 6.01 Å². The predicted molar refractivity (Wildman–Crippen MR) is 136 cm³/mol. The summed E-state index contributed by atoms with van der Waals surface area (Å²) in [6.07, 6.45) is 4.80. The van der Waals surface area contributed by atoms with Crippen LogP contribution in [0.25, 0.3) is 10.9 Å². The number of pyridine rings is 1. The van der Waals surface area contributed by atoms with Crippen molar-refractivity contribution >= 4 is 34.6 Å². The van der Waals surface area contributed by atoms with Crippen LogP contribution in [0.15, 0.2) is 45.9 Å². The predicted octanol–water partition coefficient (Wildman–Crippen LogP) is 3.88. The molecule has 4 rings (SSSR count). The smallest absolute Gasteiger partial charge is 0.412 e. The van der Waals surface area contributed by atoms with E-state index >= 15 is 0 Å². The molecule has 0 spiro atoms. The van der Waals surface area contributed by atoms with Gasteiger partial charge in [0.1, 0.15) is 11.1 Å². The summed E-state index contributed by atoms with van der Waals surface area (Å²) in [7, 11) is 1.76. The standard InChI is InChI=1S/C26H31N5O5/c1-16-18(29-24(34)36-25(2,3)4)8-9-19-20(16)21(32)35-23(28-19)30-26(11-12-26)22(33)31(5)14-10-17-7-6-13-27-15-17/h6-9,13,15H,10-12,14H2,1-5H3,(H,28,30)(H,29,34). The number of aromatic nitrogens is 2. The summed E-state index contributed by atoms with van der Waals surface area (Å²) in [5.41, 5.74) is 0.282. The van der Waals surface area contributed by atoms with Crippen LogP contribution in [0, 0.1) is 6.92 Å². The third-order valence-electron chi connectivity index (χ3n) is 6.01. The minimum absolute atomic E-state index is 0.00809. The Morgan fingerprint density at radius 2 is 1.97 bits per heavy atom. The number of carbonyl (C=O) groups is 2. The van der Waals surface area contributed by atoms with Crippen molar-refractivity contribution in [2.24, 2.45) is 0 Å². The van der Waals surface area contributed by atoms with Crippen LogP contribution in [0.5, 0.6) is 0 Å². The number of anilines is 2. The number of likely N-dealkylation sites (N-methyl/N-ethyl adjacent to an activating group) is 1. The van der Waals surface area contributed by atoms with Crippen LogP contribution < -0.4 is 16.3 Å². The molecule has 1 fully saturated rings. The molecule has 1 aliphatic carbocycles. The maximum atomic E-state index is 13.2. The van der Waals surface area contributed by atoms with Gasteiger partial charge in [0.05, 0.1) is 10.9 Å². The molecule has 10 nitrogen and oxygen atoms in total. The lowest BCUT2D eigenvalue weighted by Crippen LogP contribution is -2.44. The van der Waals surface area contributed by atoms with Gasteiger partial charge >= 0.3 is 11.7 Å². The molecule has 0 saturated heterocycles.